The van der Waals surface area contributed by atoms with E-state index in [1.165, 1.54) is 24.8 Å². The minimum atomic E-state index is 0.539. The van der Waals surface area contributed by atoms with E-state index >= 15 is 0 Å². The first-order valence-electron chi connectivity index (χ1n) is 5.41. The van der Waals surface area contributed by atoms with Crippen LogP contribution in [0.2, 0.25) is 0 Å². The summed E-state index contributed by atoms with van der Waals surface area (Å²) < 4.78 is 5.90. The third-order valence-corrected chi connectivity index (χ3v) is 5.11. The number of hydrogen-bond donors (Lipinski definition) is 0. The van der Waals surface area contributed by atoms with Gasteiger partial charge >= 0.3 is 0 Å². The summed E-state index contributed by atoms with van der Waals surface area (Å²) in [4.78, 5) is 0. The molecule has 0 radical (unpaired) electrons. The molecule has 1 aromatic carbocycles. The van der Waals surface area contributed by atoms with Crippen LogP contribution in [0, 0.1) is 6.92 Å². The van der Waals surface area contributed by atoms with Gasteiger partial charge in [0, 0.05) is 3.42 Å². The smallest absolute Gasteiger partial charge is 0.119 e. The van der Waals surface area contributed by atoms with Crippen molar-refractivity contribution in [1.82, 2.24) is 0 Å². The summed E-state index contributed by atoms with van der Waals surface area (Å²) in [5, 5.41) is 0. The van der Waals surface area contributed by atoms with Crippen molar-refractivity contribution in [2.24, 2.45) is 0 Å². The molecular formula is C13H15IO. The Balaban J connectivity index is 1.94. The fourth-order valence-corrected chi connectivity index (χ4v) is 5.50. The normalized spacial score (nSPS) is 36.7. The van der Waals surface area contributed by atoms with E-state index in [2.05, 4.69) is 47.7 Å². The van der Waals surface area contributed by atoms with Crippen molar-refractivity contribution in [2.45, 2.75) is 35.0 Å². The molecule has 3 fully saturated rings. The maximum atomic E-state index is 5.25. The zero-order valence-electron chi connectivity index (χ0n) is 9.14. The highest BCUT2D eigenvalue weighted by Crippen LogP contribution is 2.72. The van der Waals surface area contributed by atoms with Gasteiger partial charge in [-0.2, -0.15) is 0 Å². The maximum Gasteiger partial charge on any atom is 0.119 e. The van der Waals surface area contributed by atoms with Gasteiger partial charge in [0.1, 0.15) is 5.75 Å². The molecule has 1 nitrogen and oxygen atoms in total. The van der Waals surface area contributed by atoms with Crippen molar-refractivity contribution >= 4 is 22.6 Å². The van der Waals surface area contributed by atoms with Gasteiger partial charge in [0.15, 0.2) is 0 Å². The Morgan fingerprint density at radius 3 is 2.40 bits per heavy atom. The highest BCUT2D eigenvalue weighted by molar-refractivity contribution is 14.1. The van der Waals surface area contributed by atoms with E-state index in [-0.39, 0.29) is 0 Å². The van der Waals surface area contributed by atoms with Gasteiger partial charge < -0.3 is 4.74 Å². The molecule has 0 unspecified atom stereocenters. The molecule has 2 bridgehead atoms. The van der Waals surface area contributed by atoms with Crippen molar-refractivity contribution in [1.29, 1.82) is 0 Å². The van der Waals surface area contributed by atoms with Crippen LogP contribution in [0.15, 0.2) is 18.2 Å². The summed E-state index contributed by atoms with van der Waals surface area (Å²) in [6, 6.07) is 6.53. The Bertz CT molecular complexity index is 405. The van der Waals surface area contributed by atoms with E-state index in [9.17, 15) is 0 Å². The number of hydrogen-bond acceptors (Lipinski definition) is 1. The molecule has 3 aliphatic rings. The highest BCUT2D eigenvalue weighted by Gasteiger charge is 2.67. The van der Waals surface area contributed by atoms with E-state index in [1.54, 1.807) is 12.7 Å². The lowest BCUT2D eigenvalue weighted by Gasteiger charge is -2.68. The van der Waals surface area contributed by atoms with Crippen LogP contribution >= 0.6 is 22.6 Å². The Labute approximate surface area is 104 Å². The lowest BCUT2D eigenvalue weighted by atomic mass is 9.42. The number of rotatable bonds is 2. The molecule has 15 heavy (non-hydrogen) atoms. The number of alkyl halides is 1. The van der Waals surface area contributed by atoms with Crippen LogP contribution in [0.25, 0.3) is 0 Å². The summed E-state index contributed by atoms with van der Waals surface area (Å²) in [5.74, 6) is 0.979. The molecule has 0 aliphatic heterocycles. The van der Waals surface area contributed by atoms with Crippen molar-refractivity contribution in [3.63, 3.8) is 0 Å². The van der Waals surface area contributed by atoms with Gasteiger partial charge in [-0.25, -0.2) is 0 Å². The number of ether oxygens (including phenoxy) is 1. The number of benzene rings is 1. The maximum absolute atomic E-state index is 5.25. The molecule has 0 amide bonds. The van der Waals surface area contributed by atoms with Crippen LogP contribution in [-0.4, -0.2) is 10.5 Å². The molecule has 4 rings (SSSR count). The second-order valence-corrected chi connectivity index (χ2v) is 7.43. The van der Waals surface area contributed by atoms with Crippen LogP contribution in [0.4, 0.5) is 0 Å². The molecular weight excluding hydrogens is 299 g/mol. The molecule has 0 saturated heterocycles. The second kappa shape index (κ2) is 2.90. The average molecular weight is 314 g/mol. The lowest BCUT2D eigenvalue weighted by molar-refractivity contribution is 0.0214. The zero-order valence-corrected chi connectivity index (χ0v) is 11.3. The van der Waals surface area contributed by atoms with Gasteiger partial charge in [0.2, 0.25) is 0 Å². The first-order valence-corrected chi connectivity index (χ1v) is 6.49. The summed E-state index contributed by atoms with van der Waals surface area (Å²) in [6.45, 7) is 2.21. The van der Waals surface area contributed by atoms with Gasteiger partial charge in [-0.05, 0) is 54.9 Å². The van der Waals surface area contributed by atoms with Crippen LogP contribution in [0.5, 0.6) is 5.75 Å². The fourth-order valence-electron chi connectivity index (χ4n) is 3.31. The van der Waals surface area contributed by atoms with Gasteiger partial charge in [0.05, 0.1) is 7.11 Å². The molecule has 0 atom stereocenters. The monoisotopic (exact) mass is 314 g/mol. The molecule has 1 aromatic rings. The van der Waals surface area contributed by atoms with Crippen LogP contribution in [0.1, 0.15) is 30.4 Å². The number of methoxy groups -OCH3 is 1. The predicted octanol–water partition coefficient (Wildman–Crippen LogP) is 3.61. The molecule has 3 aliphatic carbocycles. The summed E-state index contributed by atoms with van der Waals surface area (Å²) >= 11 is 2.63. The number of halogens is 1. The Hall–Kier alpha value is -0.250. The largest absolute Gasteiger partial charge is 0.497 e. The van der Waals surface area contributed by atoms with Crippen molar-refractivity contribution < 1.29 is 4.74 Å². The van der Waals surface area contributed by atoms with E-state index in [1.807, 2.05) is 0 Å². The number of aryl methyl sites for hydroxylation is 1. The molecule has 0 aromatic heterocycles. The van der Waals surface area contributed by atoms with Gasteiger partial charge in [-0.15, -0.1) is 0 Å². The standard InChI is InChI=1S/C13H15IO/c1-9-5-10(15-2)3-4-11(9)12-6-13(14,7-12)8-12/h3-5H,6-8H2,1-2H3. The van der Waals surface area contributed by atoms with Gasteiger partial charge in [0.25, 0.3) is 0 Å². The topological polar surface area (TPSA) is 9.23 Å². The van der Waals surface area contributed by atoms with E-state index < -0.39 is 0 Å². The van der Waals surface area contributed by atoms with Gasteiger partial charge in [-0.3, -0.25) is 0 Å². The Morgan fingerprint density at radius 2 is 1.93 bits per heavy atom. The first kappa shape index (κ1) is 9.94. The zero-order chi connectivity index (χ0) is 10.7. The van der Waals surface area contributed by atoms with Crippen molar-refractivity contribution in [2.75, 3.05) is 7.11 Å². The first-order chi connectivity index (χ1) is 7.07. The van der Waals surface area contributed by atoms with E-state index in [0.29, 0.717) is 8.84 Å². The summed E-state index contributed by atoms with van der Waals surface area (Å²) in [7, 11) is 1.73. The van der Waals surface area contributed by atoms with E-state index in [0.717, 1.165) is 5.75 Å². The van der Waals surface area contributed by atoms with Crippen LogP contribution < -0.4 is 4.74 Å². The highest BCUT2D eigenvalue weighted by atomic mass is 127. The molecule has 0 heterocycles. The third kappa shape index (κ3) is 1.26. The van der Waals surface area contributed by atoms with Crippen LogP contribution in [0.3, 0.4) is 0 Å². The van der Waals surface area contributed by atoms with E-state index in [4.69, 9.17) is 4.74 Å². The quantitative estimate of drug-likeness (QED) is 0.598. The van der Waals surface area contributed by atoms with Crippen molar-refractivity contribution in [3.8, 4) is 5.75 Å². The van der Waals surface area contributed by atoms with Gasteiger partial charge in [-0.1, -0.05) is 28.7 Å². The summed E-state index contributed by atoms with van der Waals surface area (Å²) in [5.41, 5.74) is 3.49. The third-order valence-electron chi connectivity index (χ3n) is 3.97. The SMILES string of the molecule is COc1ccc(C23CC(I)(C2)C3)c(C)c1. The lowest BCUT2D eigenvalue weighted by Crippen LogP contribution is -2.66. The van der Waals surface area contributed by atoms with Crippen molar-refractivity contribution in [3.05, 3.63) is 29.3 Å². The minimum absolute atomic E-state index is 0.539. The Kier molecular flexibility index (Phi) is 1.92. The summed E-state index contributed by atoms with van der Waals surface area (Å²) in [6.07, 6.45) is 4.15. The molecule has 3 saturated carbocycles. The fraction of sp³-hybridized carbons (Fsp3) is 0.538. The second-order valence-electron chi connectivity index (χ2n) is 5.14. The molecule has 0 N–H and O–H groups in total. The van der Waals surface area contributed by atoms with Crippen LogP contribution in [-0.2, 0) is 5.41 Å². The molecule has 80 valence electrons. The molecule has 0 spiro atoms. The molecule has 2 heteroatoms. The minimum Gasteiger partial charge on any atom is -0.497 e. The predicted molar refractivity (Wildman–Crippen MR) is 70.0 cm³/mol. The Morgan fingerprint density at radius 1 is 1.27 bits per heavy atom. The average Bonchev–Trinajstić information content (AvgIpc) is 2.12.